The molecule has 2 aliphatic rings. The Morgan fingerprint density at radius 2 is 1.96 bits per heavy atom. The largest absolute Gasteiger partial charge is 0.493 e. The first-order valence-corrected chi connectivity index (χ1v) is 10.2. The first kappa shape index (κ1) is 19.2. The lowest BCUT2D eigenvalue weighted by molar-refractivity contribution is 0.0189. The Kier molecular flexibility index (Phi) is 5.83. The lowest BCUT2D eigenvalue weighted by atomic mass is 9.78. The molecular formula is C23H30N2O3. The second-order valence-corrected chi connectivity index (χ2v) is 8.16. The maximum atomic E-state index is 6.23. The summed E-state index contributed by atoms with van der Waals surface area (Å²) in [7, 11) is 1.70. The number of hydrogen-bond acceptors (Lipinski definition) is 5. The summed E-state index contributed by atoms with van der Waals surface area (Å²) in [6.07, 6.45) is 7.20. The van der Waals surface area contributed by atoms with Crippen LogP contribution in [0.5, 0.6) is 11.5 Å². The summed E-state index contributed by atoms with van der Waals surface area (Å²) in [6, 6.07) is 10.7. The van der Waals surface area contributed by atoms with Crippen LogP contribution in [0.25, 0.3) is 0 Å². The molecule has 1 aromatic heterocycles. The Hall–Kier alpha value is -2.11. The molecule has 1 aromatic carbocycles. The Morgan fingerprint density at radius 1 is 1.18 bits per heavy atom. The second kappa shape index (κ2) is 8.50. The van der Waals surface area contributed by atoms with Gasteiger partial charge < -0.3 is 14.2 Å². The first-order valence-electron chi connectivity index (χ1n) is 10.2. The van der Waals surface area contributed by atoms with Crippen molar-refractivity contribution in [3.63, 3.8) is 0 Å². The number of likely N-dealkylation sites (tertiary alicyclic amines) is 1. The van der Waals surface area contributed by atoms with E-state index < -0.39 is 0 Å². The summed E-state index contributed by atoms with van der Waals surface area (Å²) in [6.45, 7) is 6.68. The summed E-state index contributed by atoms with van der Waals surface area (Å²) in [5, 5.41) is 0. The molecule has 28 heavy (non-hydrogen) atoms. The highest BCUT2D eigenvalue weighted by Crippen LogP contribution is 2.44. The van der Waals surface area contributed by atoms with E-state index in [1.54, 1.807) is 19.5 Å². The Bertz CT molecular complexity index is 775. The van der Waals surface area contributed by atoms with Crippen molar-refractivity contribution in [3.05, 3.63) is 53.9 Å². The predicted molar refractivity (Wildman–Crippen MR) is 109 cm³/mol. The van der Waals surface area contributed by atoms with Crippen LogP contribution in [0.1, 0.15) is 37.3 Å². The zero-order valence-electron chi connectivity index (χ0n) is 16.9. The van der Waals surface area contributed by atoms with Crippen molar-refractivity contribution >= 4 is 0 Å². The molecule has 0 bridgehead atoms. The summed E-state index contributed by atoms with van der Waals surface area (Å²) in [5.41, 5.74) is 2.71. The van der Waals surface area contributed by atoms with Crippen molar-refractivity contribution in [3.8, 4) is 11.5 Å². The van der Waals surface area contributed by atoms with Crippen molar-refractivity contribution < 1.29 is 14.2 Å². The number of para-hydroxylation sites is 1. The van der Waals surface area contributed by atoms with Crippen molar-refractivity contribution in [1.82, 2.24) is 9.88 Å². The van der Waals surface area contributed by atoms with E-state index in [0.717, 1.165) is 43.4 Å². The van der Waals surface area contributed by atoms with Gasteiger partial charge in [-0.3, -0.25) is 9.88 Å². The normalized spacial score (nSPS) is 21.7. The van der Waals surface area contributed by atoms with Crippen molar-refractivity contribution in [2.45, 2.75) is 45.4 Å². The van der Waals surface area contributed by atoms with Crippen LogP contribution in [0.3, 0.4) is 0 Å². The minimum atomic E-state index is 0.425. The third-order valence-corrected chi connectivity index (χ3v) is 6.23. The highest BCUT2D eigenvalue weighted by Gasteiger charge is 2.43. The molecule has 150 valence electrons. The molecule has 1 spiro atoms. The highest BCUT2D eigenvalue weighted by molar-refractivity contribution is 5.46. The van der Waals surface area contributed by atoms with Crippen molar-refractivity contribution in [2.24, 2.45) is 5.41 Å². The molecule has 4 rings (SSSR count). The zero-order valence-corrected chi connectivity index (χ0v) is 16.9. The van der Waals surface area contributed by atoms with Crippen LogP contribution in [-0.2, 0) is 17.9 Å². The van der Waals surface area contributed by atoms with E-state index in [-0.39, 0.29) is 0 Å². The molecule has 0 radical (unpaired) electrons. The van der Waals surface area contributed by atoms with Crippen LogP contribution in [-0.4, -0.2) is 42.8 Å². The first-order chi connectivity index (χ1) is 13.7. The monoisotopic (exact) mass is 382 g/mol. The van der Waals surface area contributed by atoms with Gasteiger partial charge in [-0.05, 0) is 55.4 Å². The minimum Gasteiger partial charge on any atom is -0.493 e. The number of ether oxygens (including phenoxy) is 3. The maximum absolute atomic E-state index is 6.23. The average molecular weight is 383 g/mol. The molecule has 0 saturated carbocycles. The van der Waals surface area contributed by atoms with Crippen LogP contribution in [0.15, 0.2) is 42.7 Å². The van der Waals surface area contributed by atoms with E-state index in [1.807, 2.05) is 18.2 Å². The van der Waals surface area contributed by atoms with Gasteiger partial charge in [-0.15, -0.1) is 0 Å². The molecule has 3 heterocycles. The van der Waals surface area contributed by atoms with Gasteiger partial charge in [-0.1, -0.05) is 12.1 Å². The Balaban J connectivity index is 1.51. The third-order valence-electron chi connectivity index (χ3n) is 6.23. The van der Waals surface area contributed by atoms with E-state index in [2.05, 4.69) is 28.9 Å². The third kappa shape index (κ3) is 4.15. The highest BCUT2D eigenvalue weighted by atomic mass is 16.5. The van der Waals surface area contributed by atoms with Gasteiger partial charge in [0.15, 0.2) is 11.5 Å². The van der Waals surface area contributed by atoms with E-state index in [9.17, 15) is 0 Å². The summed E-state index contributed by atoms with van der Waals surface area (Å²) < 4.78 is 17.4. The van der Waals surface area contributed by atoms with Crippen LogP contribution >= 0.6 is 0 Å². The fourth-order valence-corrected chi connectivity index (χ4v) is 4.65. The molecule has 2 saturated heterocycles. The predicted octanol–water partition coefficient (Wildman–Crippen LogP) is 4.06. The van der Waals surface area contributed by atoms with Crippen LogP contribution in [0.4, 0.5) is 0 Å². The molecule has 1 atom stereocenters. The van der Waals surface area contributed by atoms with Gasteiger partial charge in [0.1, 0.15) is 6.61 Å². The lowest BCUT2D eigenvalue weighted by Gasteiger charge is -2.33. The van der Waals surface area contributed by atoms with Crippen LogP contribution < -0.4 is 9.47 Å². The summed E-state index contributed by atoms with van der Waals surface area (Å²) >= 11 is 0. The van der Waals surface area contributed by atoms with Gasteiger partial charge in [0, 0.05) is 50.3 Å². The molecule has 0 amide bonds. The molecule has 5 heteroatoms. The van der Waals surface area contributed by atoms with Gasteiger partial charge in [0.2, 0.25) is 0 Å². The maximum Gasteiger partial charge on any atom is 0.166 e. The molecule has 2 fully saturated rings. The van der Waals surface area contributed by atoms with Gasteiger partial charge in [0.05, 0.1) is 7.11 Å². The summed E-state index contributed by atoms with van der Waals surface area (Å²) in [5.74, 6) is 1.64. The van der Waals surface area contributed by atoms with Crippen molar-refractivity contribution in [2.75, 3.05) is 26.9 Å². The number of methoxy groups -OCH3 is 1. The average Bonchev–Trinajstić information content (AvgIpc) is 3.02. The number of hydrogen-bond donors (Lipinski definition) is 0. The number of pyridine rings is 1. The Morgan fingerprint density at radius 3 is 2.71 bits per heavy atom. The zero-order chi connectivity index (χ0) is 19.4. The molecular weight excluding hydrogens is 352 g/mol. The van der Waals surface area contributed by atoms with Crippen molar-refractivity contribution in [1.29, 1.82) is 0 Å². The second-order valence-electron chi connectivity index (χ2n) is 8.16. The fourth-order valence-electron chi connectivity index (χ4n) is 4.65. The van der Waals surface area contributed by atoms with E-state index >= 15 is 0 Å². The van der Waals surface area contributed by atoms with Gasteiger partial charge in [-0.2, -0.15) is 0 Å². The number of rotatable bonds is 6. The molecule has 1 unspecified atom stereocenters. The standard InChI is InChI=1S/C23H30N2O3/c1-18-14-23(8-12-27-13-9-23)17-25(18)15-20-4-3-5-21(26-2)22(20)28-16-19-6-10-24-11-7-19/h3-7,10-11,18H,8-9,12-17H2,1-2H3. The molecule has 0 N–H and O–H groups in total. The fraction of sp³-hybridized carbons (Fsp3) is 0.522. The minimum absolute atomic E-state index is 0.425. The van der Waals surface area contributed by atoms with Crippen LogP contribution in [0, 0.1) is 5.41 Å². The number of aromatic nitrogens is 1. The number of nitrogens with zero attached hydrogens (tertiary/aromatic N) is 2. The quantitative estimate of drug-likeness (QED) is 0.754. The van der Waals surface area contributed by atoms with E-state index in [1.165, 1.54) is 24.8 Å². The smallest absolute Gasteiger partial charge is 0.166 e. The summed E-state index contributed by atoms with van der Waals surface area (Å²) in [4.78, 5) is 6.67. The topological polar surface area (TPSA) is 43.8 Å². The van der Waals surface area contributed by atoms with E-state index in [4.69, 9.17) is 14.2 Å². The lowest BCUT2D eigenvalue weighted by Crippen LogP contribution is -2.33. The molecule has 2 aliphatic heterocycles. The van der Waals surface area contributed by atoms with Gasteiger partial charge in [0.25, 0.3) is 0 Å². The Labute approximate surface area is 167 Å². The molecule has 5 nitrogen and oxygen atoms in total. The van der Waals surface area contributed by atoms with E-state index in [0.29, 0.717) is 18.1 Å². The number of benzene rings is 1. The SMILES string of the molecule is COc1cccc(CN2CC3(CCOCC3)CC2C)c1OCc1ccncc1. The molecule has 2 aromatic rings. The molecule has 0 aliphatic carbocycles. The van der Waals surface area contributed by atoms with Gasteiger partial charge >= 0.3 is 0 Å². The van der Waals surface area contributed by atoms with Gasteiger partial charge in [-0.25, -0.2) is 0 Å². The van der Waals surface area contributed by atoms with Crippen LogP contribution in [0.2, 0.25) is 0 Å².